The first-order valence-electron chi connectivity index (χ1n) is 9.77. The van der Waals surface area contributed by atoms with E-state index in [0.717, 1.165) is 11.1 Å². The van der Waals surface area contributed by atoms with Gasteiger partial charge in [-0.25, -0.2) is 10.5 Å². The standard InChI is InChI=1S/C24H24N2O7/c1-29-18-9-7-15(5-6-16-12-20(30-2)23(32-4)21(13-16)31-3)11-19(18)33-22-10-8-17(14-25-22)24(27)26-28/h5-14,28H,1-4H3,(H,26,27)/b6-5-. The molecule has 1 heterocycles. The topological polar surface area (TPSA) is 108 Å². The fourth-order valence-electron chi connectivity index (χ4n) is 3.02. The normalized spacial score (nSPS) is 10.6. The van der Waals surface area contributed by atoms with E-state index in [4.69, 9.17) is 28.9 Å². The second-order valence-electron chi connectivity index (χ2n) is 6.63. The average molecular weight is 452 g/mol. The van der Waals surface area contributed by atoms with E-state index < -0.39 is 5.91 Å². The number of aromatic nitrogens is 1. The van der Waals surface area contributed by atoms with Gasteiger partial charge < -0.3 is 23.7 Å². The van der Waals surface area contributed by atoms with Crippen LogP contribution in [-0.2, 0) is 0 Å². The molecule has 0 radical (unpaired) electrons. The van der Waals surface area contributed by atoms with Gasteiger partial charge in [0.2, 0.25) is 11.6 Å². The first-order valence-corrected chi connectivity index (χ1v) is 9.77. The molecule has 2 aromatic carbocycles. The number of amides is 1. The van der Waals surface area contributed by atoms with E-state index in [1.807, 2.05) is 30.4 Å². The molecule has 33 heavy (non-hydrogen) atoms. The summed E-state index contributed by atoms with van der Waals surface area (Å²) in [5.41, 5.74) is 3.44. The van der Waals surface area contributed by atoms with Crippen LogP contribution in [0.3, 0.4) is 0 Å². The molecule has 0 saturated carbocycles. The highest BCUT2D eigenvalue weighted by atomic mass is 16.5. The van der Waals surface area contributed by atoms with Gasteiger partial charge in [-0.3, -0.25) is 10.0 Å². The number of carbonyl (C=O) groups is 1. The van der Waals surface area contributed by atoms with E-state index in [9.17, 15) is 4.79 Å². The summed E-state index contributed by atoms with van der Waals surface area (Å²) < 4.78 is 27.4. The van der Waals surface area contributed by atoms with Crippen LogP contribution in [-0.4, -0.2) is 44.5 Å². The zero-order valence-electron chi connectivity index (χ0n) is 18.6. The van der Waals surface area contributed by atoms with Crippen LogP contribution < -0.4 is 29.2 Å². The van der Waals surface area contributed by atoms with Crippen LogP contribution in [0.15, 0.2) is 48.7 Å². The Bertz CT molecular complexity index is 1120. The van der Waals surface area contributed by atoms with E-state index in [0.29, 0.717) is 28.7 Å². The Morgan fingerprint density at radius 1 is 0.818 bits per heavy atom. The Morgan fingerprint density at radius 2 is 1.45 bits per heavy atom. The van der Waals surface area contributed by atoms with Crippen LogP contribution in [0, 0.1) is 0 Å². The Labute approximate surface area is 191 Å². The minimum atomic E-state index is -0.662. The third kappa shape index (κ3) is 5.52. The van der Waals surface area contributed by atoms with Gasteiger partial charge in [-0.05, 0) is 41.5 Å². The van der Waals surface area contributed by atoms with Crippen LogP contribution in [0.1, 0.15) is 21.5 Å². The number of hydrogen-bond donors (Lipinski definition) is 2. The van der Waals surface area contributed by atoms with Gasteiger partial charge in [-0.2, -0.15) is 0 Å². The molecule has 172 valence electrons. The number of hydrogen-bond acceptors (Lipinski definition) is 8. The summed E-state index contributed by atoms with van der Waals surface area (Å²) in [6.07, 6.45) is 5.09. The zero-order chi connectivity index (χ0) is 23.8. The van der Waals surface area contributed by atoms with Gasteiger partial charge in [-0.1, -0.05) is 18.2 Å². The van der Waals surface area contributed by atoms with Crippen LogP contribution >= 0.6 is 0 Å². The van der Waals surface area contributed by atoms with Crippen molar-refractivity contribution in [1.82, 2.24) is 10.5 Å². The van der Waals surface area contributed by atoms with Crippen molar-refractivity contribution in [2.45, 2.75) is 0 Å². The summed E-state index contributed by atoms with van der Waals surface area (Å²) in [5.74, 6) is 2.18. The molecular formula is C24H24N2O7. The molecule has 0 aliphatic carbocycles. The Balaban J connectivity index is 1.86. The second-order valence-corrected chi connectivity index (χ2v) is 6.63. The number of hydroxylamine groups is 1. The van der Waals surface area contributed by atoms with Crippen molar-refractivity contribution in [3.63, 3.8) is 0 Å². The maximum Gasteiger partial charge on any atom is 0.276 e. The van der Waals surface area contributed by atoms with Gasteiger partial charge in [-0.15, -0.1) is 0 Å². The second kappa shape index (κ2) is 10.9. The molecule has 9 heteroatoms. The van der Waals surface area contributed by atoms with E-state index in [1.54, 1.807) is 38.9 Å². The fraction of sp³-hybridized carbons (Fsp3) is 0.167. The average Bonchev–Trinajstić information content (AvgIpc) is 2.86. The lowest BCUT2D eigenvalue weighted by molar-refractivity contribution is 0.0706. The zero-order valence-corrected chi connectivity index (χ0v) is 18.6. The molecule has 2 N–H and O–H groups in total. The molecule has 0 atom stereocenters. The smallest absolute Gasteiger partial charge is 0.276 e. The largest absolute Gasteiger partial charge is 0.493 e. The lowest BCUT2D eigenvalue weighted by Gasteiger charge is -2.13. The highest BCUT2D eigenvalue weighted by Crippen LogP contribution is 2.39. The highest BCUT2D eigenvalue weighted by Gasteiger charge is 2.13. The summed E-state index contributed by atoms with van der Waals surface area (Å²) in [7, 11) is 6.22. The van der Waals surface area contributed by atoms with Crippen LogP contribution in [0.25, 0.3) is 12.2 Å². The van der Waals surface area contributed by atoms with Crippen molar-refractivity contribution in [2.24, 2.45) is 0 Å². The Morgan fingerprint density at radius 3 is 2.00 bits per heavy atom. The first kappa shape index (κ1) is 23.4. The monoisotopic (exact) mass is 452 g/mol. The van der Waals surface area contributed by atoms with Gasteiger partial charge in [0.1, 0.15) is 0 Å². The predicted octanol–water partition coefficient (Wildman–Crippen LogP) is 4.20. The maximum atomic E-state index is 11.4. The van der Waals surface area contributed by atoms with Crippen LogP contribution in [0.4, 0.5) is 0 Å². The minimum absolute atomic E-state index is 0.193. The molecule has 0 fully saturated rings. The van der Waals surface area contributed by atoms with Crippen molar-refractivity contribution < 1.29 is 33.7 Å². The summed E-state index contributed by atoms with van der Waals surface area (Å²) in [6, 6.07) is 12.1. The minimum Gasteiger partial charge on any atom is -0.493 e. The van der Waals surface area contributed by atoms with Gasteiger partial charge in [0.15, 0.2) is 23.0 Å². The molecule has 3 aromatic rings. The molecule has 0 unspecified atom stereocenters. The Hall–Kier alpha value is -4.24. The van der Waals surface area contributed by atoms with E-state index >= 15 is 0 Å². The van der Waals surface area contributed by atoms with Crippen molar-refractivity contribution in [3.8, 4) is 34.6 Å². The van der Waals surface area contributed by atoms with Crippen molar-refractivity contribution in [2.75, 3.05) is 28.4 Å². The molecule has 1 amide bonds. The lowest BCUT2D eigenvalue weighted by Crippen LogP contribution is -2.18. The molecule has 0 bridgehead atoms. The van der Waals surface area contributed by atoms with Crippen molar-refractivity contribution >= 4 is 18.1 Å². The lowest BCUT2D eigenvalue weighted by atomic mass is 10.1. The van der Waals surface area contributed by atoms with Gasteiger partial charge in [0.25, 0.3) is 5.91 Å². The third-order valence-electron chi connectivity index (χ3n) is 4.66. The first-order chi connectivity index (χ1) is 16.0. The number of ether oxygens (including phenoxy) is 5. The fourth-order valence-corrected chi connectivity index (χ4v) is 3.02. The van der Waals surface area contributed by atoms with Crippen LogP contribution in [0.5, 0.6) is 34.6 Å². The van der Waals surface area contributed by atoms with Crippen molar-refractivity contribution in [3.05, 3.63) is 65.4 Å². The highest BCUT2D eigenvalue weighted by molar-refractivity contribution is 5.93. The number of nitrogens with zero attached hydrogens (tertiary/aromatic N) is 1. The SMILES string of the molecule is COc1ccc(/C=C\c2cc(OC)c(OC)c(OC)c2)cc1Oc1ccc(C(=O)NO)cn1. The van der Waals surface area contributed by atoms with Gasteiger partial charge in [0.05, 0.1) is 34.0 Å². The van der Waals surface area contributed by atoms with E-state index in [-0.39, 0.29) is 11.4 Å². The molecule has 0 spiro atoms. The summed E-state index contributed by atoms with van der Waals surface area (Å²) in [6.45, 7) is 0. The van der Waals surface area contributed by atoms with Gasteiger partial charge >= 0.3 is 0 Å². The number of benzene rings is 2. The summed E-state index contributed by atoms with van der Waals surface area (Å²) >= 11 is 0. The predicted molar refractivity (Wildman–Crippen MR) is 122 cm³/mol. The summed E-state index contributed by atoms with van der Waals surface area (Å²) in [5, 5.41) is 8.71. The Kier molecular flexibility index (Phi) is 7.72. The summed E-state index contributed by atoms with van der Waals surface area (Å²) in [4.78, 5) is 15.5. The van der Waals surface area contributed by atoms with Crippen molar-refractivity contribution in [1.29, 1.82) is 0 Å². The van der Waals surface area contributed by atoms with Crippen LogP contribution in [0.2, 0.25) is 0 Å². The molecule has 0 aliphatic heterocycles. The van der Waals surface area contributed by atoms with Gasteiger partial charge in [0, 0.05) is 12.3 Å². The number of carbonyl (C=O) groups excluding carboxylic acids is 1. The molecule has 0 aliphatic rings. The molecule has 1 aromatic heterocycles. The molecular weight excluding hydrogens is 428 g/mol. The molecule has 9 nitrogen and oxygen atoms in total. The number of rotatable bonds is 9. The maximum absolute atomic E-state index is 11.4. The third-order valence-corrected chi connectivity index (χ3v) is 4.66. The number of nitrogens with one attached hydrogen (secondary N) is 1. The number of methoxy groups -OCH3 is 4. The van der Waals surface area contributed by atoms with E-state index in [1.165, 1.54) is 25.4 Å². The molecule has 0 saturated heterocycles. The number of pyridine rings is 1. The molecule has 3 rings (SSSR count). The van der Waals surface area contributed by atoms with E-state index in [2.05, 4.69) is 4.98 Å². The quantitative estimate of drug-likeness (QED) is 0.283.